The molecule has 1 aliphatic rings. The molecule has 154 valence electrons. The Kier molecular flexibility index (Phi) is 5.48. The number of hydrogen-bond donors (Lipinski definition) is 1. The number of esters is 1. The normalized spacial score (nSPS) is 22.6. The number of ether oxygens (including phenoxy) is 1. The van der Waals surface area contributed by atoms with E-state index in [2.05, 4.69) is 31.2 Å². The molecule has 0 aliphatic heterocycles. The fourth-order valence-electron chi connectivity index (χ4n) is 5.40. The Morgan fingerprint density at radius 1 is 1.00 bits per heavy atom. The minimum Gasteiger partial charge on any atom is -0.468 e. The van der Waals surface area contributed by atoms with Crippen LogP contribution in [0.4, 0.5) is 0 Å². The van der Waals surface area contributed by atoms with Crippen molar-refractivity contribution in [2.24, 2.45) is 11.7 Å². The summed E-state index contributed by atoms with van der Waals surface area (Å²) >= 11 is 0. The van der Waals surface area contributed by atoms with Crippen molar-refractivity contribution in [3.63, 3.8) is 0 Å². The third-order valence-corrected chi connectivity index (χ3v) is 6.63. The zero-order chi connectivity index (χ0) is 21.2. The minimum absolute atomic E-state index is 0.116. The van der Waals surface area contributed by atoms with Gasteiger partial charge in [0.15, 0.2) is 0 Å². The smallest absolute Gasteiger partial charge is 0.321 e. The summed E-state index contributed by atoms with van der Waals surface area (Å²) in [5, 5.41) is 0. The highest BCUT2D eigenvalue weighted by Gasteiger charge is 2.57. The van der Waals surface area contributed by atoms with Crippen molar-refractivity contribution < 1.29 is 9.53 Å². The van der Waals surface area contributed by atoms with Gasteiger partial charge in [0, 0.05) is 11.5 Å². The number of hydrogen-bond acceptors (Lipinski definition) is 3. The van der Waals surface area contributed by atoms with Crippen molar-refractivity contribution in [1.82, 2.24) is 0 Å². The molecule has 3 aromatic carbocycles. The van der Waals surface area contributed by atoms with Gasteiger partial charge in [-0.1, -0.05) is 84.9 Å². The van der Waals surface area contributed by atoms with E-state index in [-0.39, 0.29) is 11.9 Å². The van der Waals surface area contributed by atoms with Crippen molar-refractivity contribution in [2.75, 3.05) is 7.11 Å². The van der Waals surface area contributed by atoms with E-state index in [1.54, 1.807) is 0 Å². The maximum absolute atomic E-state index is 13.7. The van der Waals surface area contributed by atoms with Crippen molar-refractivity contribution in [3.8, 4) is 0 Å². The van der Waals surface area contributed by atoms with Gasteiger partial charge < -0.3 is 10.5 Å². The average molecular weight is 400 g/mol. The molecule has 0 fully saturated rings. The Morgan fingerprint density at radius 2 is 1.60 bits per heavy atom. The number of aryl methyl sites for hydroxylation is 1. The highest BCUT2D eigenvalue weighted by atomic mass is 16.5. The van der Waals surface area contributed by atoms with E-state index in [0.29, 0.717) is 6.42 Å². The predicted octanol–water partition coefficient (Wildman–Crippen LogP) is 4.67. The summed E-state index contributed by atoms with van der Waals surface area (Å²) in [6, 6.07) is 28.5. The number of carbonyl (C=O) groups is 1. The zero-order valence-corrected chi connectivity index (χ0v) is 17.7. The van der Waals surface area contributed by atoms with Crippen molar-refractivity contribution in [1.29, 1.82) is 0 Å². The quantitative estimate of drug-likeness (QED) is 0.635. The number of nitrogens with two attached hydrogens (primary N) is 1. The van der Waals surface area contributed by atoms with Crippen molar-refractivity contribution in [3.05, 3.63) is 107 Å². The van der Waals surface area contributed by atoms with Gasteiger partial charge >= 0.3 is 5.97 Å². The largest absolute Gasteiger partial charge is 0.468 e. The van der Waals surface area contributed by atoms with Crippen LogP contribution in [0.25, 0.3) is 0 Å². The molecular formula is C27H29NO2. The second-order valence-corrected chi connectivity index (χ2v) is 8.58. The molecule has 0 heterocycles. The summed E-state index contributed by atoms with van der Waals surface area (Å²) in [7, 11) is 1.48. The number of rotatable bonds is 5. The van der Waals surface area contributed by atoms with Gasteiger partial charge in [-0.25, -0.2) is 0 Å². The average Bonchev–Trinajstić information content (AvgIpc) is 2.78. The molecule has 0 aromatic heterocycles. The standard InChI is InChI=1S/C27H29NO2/c1-26(28,19-20-11-5-3-6-12-20)24-18-17-21-13-9-10-16-23(21)27(24,25(29)30-2)22-14-7-4-8-15-22/h3-16,24H,17-19,28H2,1-2H3. The van der Waals surface area contributed by atoms with Gasteiger partial charge in [0.05, 0.1) is 7.11 Å². The summed E-state index contributed by atoms with van der Waals surface area (Å²) in [4.78, 5) is 13.7. The summed E-state index contributed by atoms with van der Waals surface area (Å²) < 4.78 is 5.49. The Labute approximate surface area is 178 Å². The number of fused-ring (bicyclic) bond motifs is 1. The van der Waals surface area contributed by atoms with E-state index in [0.717, 1.165) is 24.0 Å². The summed E-state index contributed by atoms with van der Waals surface area (Å²) in [5.41, 5.74) is 9.85. The molecule has 0 bridgehead atoms. The molecule has 0 radical (unpaired) electrons. The molecule has 3 unspecified atom stereocenters. The van der Waals surface area contributed by atoms with Crippen LogP contribution in [0.15, 0.2) is 84.9 Å². The van der Waals surface area contributed by atoms with Crippen LogP contribution >= 0.6 is 0 Å². The van der Waals surface area contributed by atoms with Crippen molar-refractivity contribution in [2.45, 2.75) is 37.1 Å². The lowest BCUT2D eigenvalue weighted by Crippen LogP contribution is -2.60. The molecule has 3 heteroatoms. The van der Waals surface area contributed by atoms with E-state index in [9.17, 15) is 4.79 Å². The highest BCUT2D eigenvalue weighted by Crippen LogP contribution is 2.51. The first-order valence-corrected chi connectivity index (χ1v) is 10.6. The topological polar surface area (TPSA) is 52.3 Å². The Balaban J connectivity index is 1.94. The molecule has 0 saturated heterocycles. The fraction of sp³-hybridized carbons (Fsp3) is 0.296. The number of carbonyl (C=O) groups excluding carboxylic acids is 1. The molecule has 3 nitrogen and oxygen atoms in total. The second kappa shape index (κ2) is 8.08. The molecule has 30 heavy (non-hydrogen) atoms. The molecule has 3 atom stereocenters. The van der Waals surface area contributed by atoms with E-state index >= 15 is 0 Å². The Morgan fingerprint density at radius 3 is 2.27 bits per heavy atom. The monoisotopic (exact) mass is 399 g/mol. The van der Waals surface area contributed by atoms with Gasteiger partial charge in [-0.3, -0.25) is 4.79 Å². The van der Waals surface area contributed by atoms with Crippen LogP contribution in [0.3, 0.4) is 0 Å². The lowest BCUT2D eigenvalue weighted by molar-refractivity contribution is -0.149. The van der Waals surface area contributed by atoms with E-state index < -0.39 is 11.0 Å². The SMILES string of the molecule is COC(=O)C1(c2ccccc2)c2ccccc2CCC1C(C)(N)Cc1ccccc1. The van der Waals surface area contributed by atoms with Gasteiger partial charge in [0.25, 0.3) is 0 Å². The lowest BCUT2D eigenvalue weighted by Gasteiger charge is -2.50. The van der Waals surface area contributed by atoms with Crippen LogP contribution in [-0.2, 0) is 27.8 Å². The van der Waals surface area contributed by atoms with Crippen LogP contribution in [0.5, 0.6) is 0 Å². The molecule has 0 amide bonds. The fourth-order valence-corrected chi connectivity index (χ4v) is 5.40. The third-order valence-electron chi connectivity index (χ3n) is 6.63. The first kappa shape index (κ1) is 20.4. The molecule has 0 spiro atoms. The van der Waals surface area contributed by atoms with Gasteiger partial charge in [-0.15, -0.1) is 0 Å². The van der Waals surface area contributed by atoms with Gasteiger partial charge in [0.1, 0.15) is 5.41 Å². The molecule has 3 aromatic rings. The zero-order valence-electron chi connectivity index (χ0n) is 17.7. The lowest BCUT2D eigenvalue weighted by atomic mass is 9.54. The molecular weight excluding hydrogens is 370 g/mol. The van der Waals surface area contributed by atoms with Crippen LogP contribution in [0.2, 0.25) is 0 Å². The molecule has 1 aliphatic carbocycles. The van der Waals surface area contributed by atoms with E-state index in [1.807, 2.05) is 60.7 Å². The summed E-state index contributed by atoms with van der Waals surface area (Å²) in [6.07, 6.45) is 2.40. The Bertz CT molecular complexity index is 1010. The first-order valence-electron chi connectivity index (χ1n) is 10.6. The molecule has 2 N–H and O–H groups in total. The maximum Gasteiger partial charge on any atom is 0.321 e. The number of benzene rings is 3. The second-order valence-electron chi connectivity index (χ2n) is 8.58. The number of methoxy groups -OCH3 is 1. The first-order chi connectivity index (χ1) is 14.5. The van der Waals surface area contributed by atoms with E-state index in [4.69, 9.17) is 10.5 Å². The highest BCUT2D eigenvalue weighted by molar-refractivity contribution is 5.89. The van der Waals surface area contributed by atoms with Crippen LogP contribution < -0.4 is 5.73 Å². The van der Waals surface area contributed by atoms with Gasteiger partial charge in [-0.2, -0.15) is 0 Å². The van der Waals surface area contributed by atoms with E-state index in [1.165, 1.54) is 18.2 Å². The maximum atomic E-state index is 13.7. The predicted molar refractivity (Wildman–Crippen MR) is 120 cm³/mol. The van der Waals surface area contributed by atoms with Crippen LogP contribution in [0, 0.1) is 5.92 Å². The third kappa shape index (κ3) is 3.33. The molecule has 4 rings (SSSR count). The summed E-state index contributed by atoms with van der Waals surface area (Å²) in [5.74, 6) is -0.356. The van der Waals surface area contributed by atoms with Crippen LogP contribution in [-0.4, -0.2) is 18.6 Å². The van der Waals surface area contributed by atoms with Crippen molar-refractivity contribution >= 4 is 5.97 Å². The molecule has 0 saturated carbocycles. The van der Waals surface area contributed by atoms with Gasteiger partial charge in [-0.05, 0) is 48.4 Å². The van der Waals surface area contributed by atoms with Crippen LogP contribution in [0.1, 0.15) is 35.6 Å². The van der Waals surface area contributed by atoms with Gasteiger partial charge in [0.2, 0.25) is 0 Å². The Hall–Kier alpha value is -2.91. The minimum atomic E-state index is -0.941. The summed E-state index contributed by atoms with van der Waals surface area (Å²) in [6.45, 7) is 2.08.